The molecule has 3 heteroatoms. The Morgan fingerprint density at radius 3 is 1.92 bits per heavy atom. The molecule has 4 rings (SSSR count). The lowest BCUT2D eigenvalue weighted by Crippen LogP contribution is -2.55. The normalized spacial score (nSPS) is 26.8. The summed E-state index contributed by atoms with van der Waals surface area (Å²) in [5.41, 5.74) is 61.4. The van der Waals surface area contributed by atoms with Crippen LogP contribution >= 0.6 is 0 Å². The van der Waals surface area contributed by atoms with Crippen molar-refractivity contribution in [3.63, 3.8) is 0 Å². The van der Waals surface area contributed by atoms with Crippen molar-refractivity contribution in [1.29, 1.82) is 0 Å². The van der Waals surface area contributed by atoms with E-state index >= 15 is 0 Å². The van der Waals surface area contributed by atoms with Crippen molar-refractivity contribution in [3.05, 3.63) is 174 Å². The molecule has 0 amide bonds. The second-order valence-electron chi connectivity index (χ2n) is 13.1. The standard InChI is InChI=1S/C48H34O3/c1-7-10-13-15-16-17-18-19-20-21-22-24-26-38-36-48(51,34-29-37(4)49)47(6)33-31-42-44(45(38)47)41(28-25-14-11-8-2)40(27-23-12-9-3)43-35-39(50)30-32-46(42,43)5/h35,42,44-45,51H,1-3,29-34,36H2,4-6H3/t42?,44?,45?,46?,47-,48-/m0/s1. The Morgan fingerprint density at radius 1 is 0.784 bits per heavy atom. The maximum Gasteiger partial charge on any atom is 0.156 e. The molecule has 51 heavy (non-hydrogen) atoms. The molecule has 3 fully saturated rings. The van der Waals surface area contributed by atoms with Gasteiger partial charge in [0.05, 0.1) is 5.60 Å². The molecule has 0 radical (unpaired) electrons. The number of allylic oxidation sites excluding steroid dienone is 3. The summed E-state index contributed by atoms with van der Waals surface area (Å²) in [5, 5.41) is 12.5. The van der Waals surface area contributed by atoms with Crippen LogP contribution in [0, 0.1) is 28.6 Å². The number of hydrogen-bond donors (Lipinski definition) is 1. The van der Waals surface area contributed by atoms with Crippen molar-refractivity contribution in [3.8, 4) is 0 Å². The number of carbonyl (C=O) groups excluding carboxylic acids is 2. The minimum absolute atomic E-state index is 0.0125. The van der Waals surface area contributed by atoms with Crippen LogP contribution in [-0.4, -0.2) is 22.3 Å². The second-order valence-corrected chi connectivity index (χ2v) is 13.1. The summed E-state index contributed by atoms with van der Waals surface area (Å²) >= 11 is 0. The third kappa shape index (κ3) is 8.01. The Balaban J connectivity index is 2.14. The molecule has 6 atom stereocenters. The van der Waals surface area contributed by atoms with Gasteiger partial charge in [-0.1, -0.05) is 48.2 Å². The predicted molar refractivity (Wildman–Crippen MR) is 192 cm³/mol. The zero-order valence-electron chi connectivity index (χ0n) is 29.1. The van der Waals surface area contributed by atoms with E-state index in [1.165, 1.54) is 0 Å². The Labute approximate surface area is 299 Å². The first-order valence-corrected chi connectivity index (χ1v) is 16.5. The zero-order valence-corrected chi connectivity index (χ0v) is 29.1. The molecule has 244 valence electrons. The molecule has 0 aromatic heterocycles. The van der Waals surface area contributed by atoms with E-state index in [-0.39, 0.29) is 41.2 Å². The Morgan fingerprint density at radius 2 is 1.31 bits per heavy atom. The fourth-order valence-electron chi connectivity index (χ4n) is 8.13. The average Bonchev–Trinajstić information content (AvgIpc) is 3.33. The third-order valence-corrected chi connectivity index (χ3v) is 10.5. The van der Waals surface area contributed by atoms with E-state index in [2.05, 4.69) is 160 Å². The highest BCUT2D eigenvalue weighted by molar-refractivity contribution is 5.93. The molecular formula is C48H34O3. The number of hydrogen-bond acceptors (Lipinski definition) is 3. The second kappa shape index (κ2) is 16.7. The first kappa shape index (κ1) is 37.2. The molecule has 0 aromatic rings. The summed E-state index contributed by atoms with van der Waals surface area (Å²) in [7, 11) is 0. The highest BCUT2D eigenvalue weighted by Crippen LogP contribution is 2.71. The topological polar surface area (TPSA) is 54.4 Å². The summed E-state index contributed by atoms with van der Waals surface area (Å²) in [6.07, 6.45) is 5.14. The summed E-state index contributed by atoms with van der Waals surface area (Å²) in [6, 6.07) is 0. The summed E-state index contributed by atoms with van der Waals surface area (Å²) in [4.78, 5) is 25.1. The highest BCUT2D eigenvalue weighted by Gasteiger charge is 2.67. The van der Waals surface area contributed by atoms with Crippen molar-refractivity contribution >= 4 is 11.6 Å². The molecule has 0 bridgehead atoms. The van der Waals surface area contributed by atoms with E-state index in [1.54, 1.807) is 13.0 Å². The van der Waals surface area contributed by atoms with Gasteiger partial charge in [-0.25, -0.2) is 0 Å². The molecule has 4 unspecified atom stereocenters. The van der Waals surface area contributed by atoms with Gasteiger partial charge in [0, 0.05) is 47.7 Å². The Kier molecular flexibility index (Phi) is 12.2. The maximum absolute atomic E-state index is 12.9. The number of rotatable bonds is 3. The molecule has 1 N–H and O–H groups in total. The molecule has 3 nitrogen and oxygen atoms in total. The van der Waals surface area contributed by atoms with Gasteiger partial charge in [0.2, 0.25) is 0 Å². The van der Waals surface area contributed by atoms with Crippen molar-refractivity contribution in [2.45, 2.75) is 71.3 Å². The molecule has 3 saturated carbocycles. The van der Waals surface area contributed by atoms with Crippen LogP contribution in [-0.2, 0) is 9.59 Å². The number of fused-ring (bicyclic) bond motifs is 5. The van der Waals surface area contributed by atoms with Gasteiger partial charge in [0.15, 0.2) is 5.78 Å². The average molecular weight is 659 g/mol. The summed E-state index contributed by atoms with van der Waals surface area (Å²) < 4.78 is 0. The highest BCUT2D eigenvalue weighted by atomic mass is 16.3. The van der Waals surface area contributed by atoms with Gasteiger partial charge in [-0.15, -0.1) is 0 Å². The lowest BCUT2D eigenvalue weighted by molar-refractivity contribution is -0.130. The quantitative estimate of drug-likeness (QED) is 0.310. The molecule has 0 heterocycles. The minimum Gasteiger partial charge on any atom is -0.389 e. The first-order valence-electron chi connectivity index (χ1n) is 16.5. The van der Waals surface area contributed by atoms with Gasteiger partial charge in [-0.05, 0) is 173 Å². The Bertz CT molecular complexity index is 2550. The first-order chi connectivity index (χ1) is 24.6. The van der Waals surface area contributed by atoms with E-state index < -0.39 is 11.0 Å². The lowest BCUT2D eigenvalue weighted by Gasteiger charge is -2.59. The number of Topliss-reactive ketones (excluding diaryl/α,β-unsaturated/α-hetero) is 1. The van der Waals surface area contributed by atoms with Crippen molar-refractivity contribution < 1.29 is 14.7 Å². The fraction of sp³-hybridized carbons (Fsp3) is 0.333. The van der Waals surface area contributed by atoms with Crippen LogP contribution in [0.15, 0.2) is 174 Å². The molecule has 0 aliphatic heterocycles. The van der Waals surface area contributed by atoms with Crippen LogP contribution in [0.2, 0.25) is 0 Å². The van der Waals surface area contributed by atoms with Crippen molar-refractivity contribution in [2.75, 3.05) is 0 Å². The monoisotopic (exact) mass is 658 g/mol. The van der Waals surface area contributed by atoms with Gasteiger partial charge in [-0.2, -0.15) is 0 Å². The molecule has 4 aliphatic carbocycles. The lowest BCUT2D eigenvalue weighted by atomic mass is 9.44. The molecule has 0 saturated heterocycles. The van der Waals surface area contributed by atoms with E-state index in [9.17, 15) is 14.7 Å². The molecule has 0 aromatic carbocycles. The van der Waals surface area contributed by atoms with Gasteiger partial charge in [-0.3, -0.25) is 4.79 Å². The molecule has 0 spiro atoms. The SMILES string of the molecule is C=C=C=C=C=C=C=C=C=C=C=C=C=C=C1C[C@@](O)(CCC(C)=O)[C@@]2(C)CCC3C(C(=C=C=C=C=C=C)C(=C=C=C=C=C)C4=CC(=O)CCC43C)C12. The zero-order chi connectivity index (χ0) is 36.9. The summed E-state index contributed by atoms with van der Waals surface area (Å²) in [6.45, 7) is 16.4. The van der Waals surface area contributed by atoms with Gasteiger partial charge < -0.3 is 9.90 Å². The van der Waals surface area contributed by atoms with E-state index in [4.69, 9.17) is 0 Å². The van der Waals surface area contributed by atoms with Crippen LogP contribution < -0.4 is 0 Å². The maximum atomic E-state index is 12.9. The number of ketones is 2. The van der Waals surface area contributed by atoms with Crippen LogP contribution in [0.5, 0.6) is 0 Å². The fourth-order valence-corrected chi connectivity index (χ4v) is 8.13. The van der Waals surface area contributed by atoms with Crippen molar-refractivity contribution in [1.82, 2.24) is 0 Å². The smallest absolute Gasteiger partial charge is 0.156 e. The predicted octanol–water partition coefficient (Wildman–Crippen LogP) is 8.53. The van der Waals surface area contributed by atoms with Gasteiger partial charge >= 0.3 is 0 Å². The van der Waals surface area contributed by atoms with E-state index in [1.807, 2.05) is 0 Å². The van der Waals surface area contributed by atoms with Crippen LogP contribution in [0.25, 0.3) is 0 Å². The molecule has 4 aliphatic rings. The van der Waals surface area contributed by atoms with Crippen LogP contribution in [0.3, 0.4) is 0 Å². The molecular weight excluding hydrogens is 625 g/mol. The van der Waals surface area contributed by atoms with Gasteiger partial charge in [0.25, 0.3) is 0 Å². The largest absolute Gasteiger partial charge is 0.389 e. The van der Waals surface area contributed by atoms with E-state index in [0.29, 0.717) is 37.7 Å². The minimum atomic E-state index is -1.20. The van der Waals surface area contributed by atoms with Crippen LogP contribution in [0.1, 0.15) is 65.7 Å². The van der Waals surface area contributed by atoms with Gasteiger partial charge in [0.1, 0.15) is 5.78 Å². The third-order valence-electron chi connectivity index (χ3n) is 10.5. The number of carbonyl (C=O) groups is 2. The van der Waals surface area contributed by atoms with Crippen molar-refractivity contribution in [2.24, 2.45) is 28.6 Å². The summed E-state index contributed by atoms with van der Waals surface area (Å²) in [5.74, 6) is -0.346. The van der Waals surface area contributed by atoms with Crippen LogP contribution in [0.4, 0.5) is 0 Å². The Hall–Kier alpha value is -6.58. The number of aliphatic hydroxyl groups is 1. The van der Waals surface area contributed by atoms with E-state index in [0.717, 1.165) is 23.1 Å².